The number of benzene rings is 1. The number of methoxy groups -OCH3 is 1. The van der Waals surface area contributed by atoms with Gasteiger partial charge in [0, 0.05) is 26.8 Å². The quantitative estimate of drug-likeness (QED) is 0.208. The zero-order valence-corrected chi connectivity index (χ0v) is 22.8. The summed E-state index contributed by atoms with van der Waals surface area (Å²) in [6.07, 6.45) is 8.33. The minimum absolute atomic E-state index is 0.0554. The van der Waals surface area contributed by atoms with E-state index in [2.05, 4.69) is 31.3 Å². The lowest BCUT2D eigenvalue weighted by Crippen LogP contribution is -2.41. The van der Waals surface area contributed by atoms with Gasteiger partial charge < -0.3 is 34.5 Å². The Kier molecular flexibility index (Phi) is 15.4. The first kappa shape index (κ1) is 32.7. The number of phenolic OH excluding ortho intramolecular Hbond substituents is 1. The molecule has 1 aromatic rings. The molecule has 0 bridgehead atoms. The summed E-state index contributed by atoms with van der Waals surface area (Å²) in [5, 5.41) is 21.6. The topological polar surface area (TPSA) is 141 Å². The van der Waals surface area contributed by atoms with Crippen molar-refractivity contribution in [1.29, 1.82) is 0 Å². The van der Waals surface area contributed by atoms with Gasteiger partial charge in [-0.05, 0) is 55.0 Å². The van der Waals surface area contributed by atoms with Gasteiger partial charge >= 0.3 is 11.9 Å². The molecule has 0 aliphatic carbocycles. The number of amides is 1. The molecule has 0 unspecified atom stereocenters. The summed E-state index contributed by atoms with van der Waals surface area (Å²) in [4.78, 5) is 33.2. The number of aliphatic hydroxyl groups excluding tert-OH is 1. The van der Waals surface area contributed by atoms with Gasteiger partial charge in [0.15, 0.2) is 17.8 Å². The number of carbonyl (C=O) groups is 3. The number of nitrogens with one attached hydrogen (secondary N) is 1. The maximum absolute atomic E-state index is 11.8. The third-order valence-corrected chi connectivity index (χ3v) is 5.18. The fourth-order valence-corrected chi connectivity index (χ4v) is 3.31. The van der Waals surface area contributed by atoms with E-state index in [1.165, 1.54) is 33.1 Å². The fraction of sp³-hybridized carbons (Fsp3) is 0.536. The normalized spacial score (nSPS) is 18.4. The van der Waals surface area contributed by atoms with Gasteiger partial charge in [0.05, 0.1) is 7.11 Å². The van der Waals surface area contributed by atoms with E-state index in [1.54, 1.807) is 18.2 Å². The SMILES string of the molecule is CC(=O)OC[C@H]1O[C@H](O)C=C[C@@H]1OC(C)=O.COc1cc(CNC(=O)CCCC/C=C/C(C)C)ccc1O. The second kappa shape index (κ2) is 18.0. The highest BCUT2D eigenvalue weighted by atomic mass is 16.6. The van der Waals surface area contributed by atoms with Crippen molar-refractivity contribution in [2.75, 3.05) is 13.7 Å². The van der Waals surface area contributed by atoms with Gasteiger partial charge in [-0.15, -0.1) is 0 Å². The van der Waals surface area contributed by atoms with Crippen molar-refractivity contribution in [3.05, 3.63) is 48.1 Å². The second-order valence-corrected chi connectivity index (χ2v) is 9.03. The highest BCUT2D eigenvalue weighted by molar-refractivity contribution is 5.75. The number of allylic oxidation sites excluding steroid dienone is 2. The number of aromatic hydroxyl groups is 1. The molecule has 38 heavy (non-hydrogen) atoms. The number of hydrogen-bond acceptors (Lipinski definition) is 9. The van der Waals surface area contributed by atoms with E-state index in [4.69, 9.17) is 18.9 Å². The van der Waals surface area contributed by atoms with Gasteiger partial charge in [-0.3, -0.25) is 14.4 Å². The monoisotopic (exact) mass is 535 g/mol. The highest BCUT2D eigenvalue weighted by Crippen LogP contribution is 2.26. The van der Waals surface area contributed by atoms with Crippen LogP contribution < -0.4 is 10.1 Å². The zero-order valence-electron chi connectivity index (χ0n) is 22.8. The number of phenols is 1. The Hall–Kier alpha value is -3.37. The van der Waals surface area contributed by atoms with Crippen molar-refractivity contribution < 1.29 is 43.5 Å². The minimum Gasteiger partial charge on any atom is -0.504 e. The first-order valence-electron chi connectivity index (χ1n) is 12.6. The van der Waals surface area contributed by atoms with E-state index in [1.807, 2.05) is 0 Å². The van der Waals surface area contributed by atoms with Crippen molar-refractivity contribution in [2.45, 2.75) is 78.4 Å². The predicted octanol–water partition coefficient (Wildman–Crippen LogP) is 3.54. The summed E-state index contributed by atoms with van der Waals surface area (Å²) in [6.45, 7) is 7.21. The van der Waals surface area contributed by atoms with Gasteiger partial charge in [-0.25, -0.2) is 0 Å². The molecule has 1 aliphatic rings. The van der Waals surface area contributed by atoms with Crippen LogP contribution in [-0.4, -0.2) is 60.3 Å². The lowest BCUT2D eigenvalue weighted by molar-refractivity contribution is -0.183. The third kappa shape index (κ3) is 14.4. The summed E-state index contributed by atoms with van der Waals surface area (Å²) in [5.74, 6) is 0.234. The summed E-state index contributed by atoms with van der Waals surface area (Å²) in [7, 11) is 1.51. The minimum atomic E-state index is -1.08. The maximum atomic E-state index is 11.8. The first-order valence-corrected chi connectivity index (χ1v) is 12.6. The van der Waals surface area contributed by atoms with E-state index >= 15 is 0 Å². The summed E-state index contributed by atoms with van der Waals surface area (Å²) >= 11 is 0. The number of unbranched alkanes of at least 4 members (excludes halogenated alkanes) is 2. The molecule has 0 saturated heterocycles. The lowest BCUT2D eigenvalue weighted by atomic mass is 10.1. The molecular weight excluding hydrogens is 494 g/mol. The number of hydrogen-bond donors (Lipinski definition) is 3. The maximum Gasteiger partial charge on any atom is 0.303 e. The molecule has 2 rings (SSSR count). The van der Waals surface area contributed by atoms with Crippen LogP contribution in [0.4, 0.5) is 0 Å². The average Bonchev–Trinajstić information content (AvgIpc) is 2.85. The van der Waals surface area contributed by atoms with Crippen LogP contribution in [0.1, 0.15) is 58.9 Å². The smallest absolute Gasteiger partial charge is 0.303 e. The van der Waals surface area contributed by atoms with Crippen LogP contribution in [0, 0.1) is 5.92 Å². The third-order valence-electron chi connectivity index (χ3n) is 5.18. The number of esters is 2. The fourth-order valence-electron chi connectivity index (χ4n) is 3.31. The van der Waals surface area contributed by atoms with Gasteiger partial charge in [0.1, 0.15) is 18.8 Å². The Morgan fingerprint density at radius 1 is 1.13 bits per heavy atom. The second-order valence-electron chi connectivity index (χ2n) is 9.03. The molecule has 0 spiro atoms. The van der Waals surface area contributed by atoms with Crippen molar-refractivity contribution in [2.24, 2.45) is 5.92 Å². The van der Waals surface area contributed by atoms with Crippen LogP contribution >= 0.6 is 0 Å². The average molecular weight is 536 g/mol. The molecule has 1 heterocycles. The number of rotatable bonds is 12. The molecule has 0 radical (unpaired) electrons. The van der Waals surface area contributed by atoms with Gasteiger partial charge in [0.2, 0.25) is 5.91 Å². The lowest BCUT2D eigenvalue weighted by Gasteiger charge is -2.29. The van der Waals surface area contributed by atoms with Crippen molar-refractivity contribution in [1.82, 2.24) is 5.32 Å². The highest BCUT2D eigenvalue weighted by Gasteiger charge is 2.29. The summed E-state index contributed by atoms with van der Waals surface area (Å²) in [5.41, 5.74) is 0.905. The van der Waals surface area contributed by atoms with Crippen LogP contribution in [0.25, 0.3) is 0 Å². The molecule has 0 fully saturated rings. The molecule has 3 N–H and O–H groups in total. The number of carbonyl (C=O) groups excluding carboxylic acids is 3. The Labute approximate surface area is 224 Å². The van der Waals surface area contributed by atoms with Crippen molar-refractivity contribution in [3.63, 3.8) is 0 Å². The van der Waals surface area contributed by atoms with E-state index in [-0.39, 0.29) is 18.3 Å². The van der Waals surface area contributed by atoms with Crippen LogP contribution in [-0.2, 0) is 35.1 Å². The first-order chi connectivity index (χ1) is 18.0. The molecule has 0 aromatic heterocycles. The van der Waals surface area contributed by atoms with Crippen LogP contribution in [0.5, 0.6) is 11.5 Å². The number of aliphatic hydroxyl groups is 1. The molecule has 0 saturated carbocycles. The van der Waals surface area contributed by atoms with Gasteiger partial charge in [0.25, 0.3) is 0 Å². The van der Waals surface area contributed by atoms with Gasteiger partial charge in [-0.2, -0.15) is 0 Å². The molecular formula is C28H41NO9. The molecule has 10 heteroatoms. The molecule has 3 atom stereocenters. The van der Waals surface area contributed by atoms with Crippen molar-refractivity contribution >= 4 is 17.8 Å². The summed E-state index contributed by atoms with van der Waals surface area (Å²) in [6, 6.07) is 5.07. The molecule has 212 valence electrons. The molecule has 10 nitrogen and oxygen atoms in total. The Balaban J connectivity index is 0.000000399. The Bertz CT molecular complexity index is 942. The van der Waals surface area contributed by atoms with Gasteiger partial charge in [-0.1, -0.05) is 32.1 Å². The predicted molar refractivity (Wildman–Crippen MR) is 141 cm³/mol. The van der Waals surface area contributed by atoms with Crippen LogP contribution in [0.2, 0.25) is 0 Å². The Morgan fingerprint density at radius 3 is 2.50 bits per heavy atom. The van der Waals surface area contributed by atoms with Crippen molar-refractivity contribution in [3.8, 4) is 11.5 Å². The van der Waals surface area contributed by atoms with E-state index in [9.17, 15) is 24.6 Å². The number of ether oxygens (including phenoxy) is 4. The Morgan fingerprint density at radius 2 is 1.87 bits per heavy atom. The molecule has 1 aromatic carbocycles. The standard InChI is InChI=1S/C18H27NO3.C10H14O6/c1-14(2)8-6-4-5-7-9-18(21)19-13-15-10-11-16(20)17(12-15)22-3;1-6(11)14-5-9-8(15-7(2)12)3-4-10(13)16-9/h6,8,10-12,14,20H,4-5,7,9,13H2,1-3H3,(H,19,21);3-4,8-10,13H,5H2,1-2H3/b8-6+;/t;8-,9+,10-/m.0/s1. The zero-order chi connectivity index (χ0) is 28.5. The molecule has 1 aliphatic heterocycles. The molecule has 1 amide bonds. The summed E-state index contributed by atoms with van der Waals surface area (Å²) < 4.78 is 19.8. The van der Waals surface area contributed by atoms with Crippen LogP contribution in [0.3, 0.4) is 0 Å². The van der Waals surface area contributed by atoms with E-state index in [0.717, 1.165) is 24.8 Å². The van der Waals surface area contributed by atoms with Crippen LogP contribution in [0.15, 0.2) is 42.5 Å². The largest absolute Gasteiger partial charge is 0.504 e. The van der Waals surface area contributed by atoms with E-state index < -0.39 is 30.4 Å². The van der Waals surface area contributed by atoms with E-state index in [0.29, 0.717) is 24.6 Å².